The second kappa shape index (κ2) is 7.68. The van der Waals surface area contributed by atoms with Crippen LogP contribution in [0.15, 0.2) is 48.5 Å². The first-order valence-corrected chi connectivity index (χ1v) is 8.65. The maximum Gasteiger partial charge on any atom is 0.416 e. The van der Waals surface area contributed by atoms with Crippen molar-refractivity contribution in [2.45, 2.75) is 12.7 Å². The maximum absolute atomic E-state index is 12.6. The van der Waals surface area contributed by atoms with Gasteiger partial charge >= 0.3 is 6.18 Å². The van der Waals surface area contributed by atoms with Crippen molar-refractivity contribution in [2.24, 2.45) is 0 Å². The van der Waals surface area contributed by atoms with Gasteiger partial charge < -0.3 is 4.90 Å². The molecule has 0 unspecified atom stereocenters. The van der Waals surface area contributed by atoms with E-state index >= 15 is 0 Å². The Bertz CT molecular complexity index is 769. The lowest BCUT2D eigenvalue weighted by atomic mass is 10.1. The third kappa shape index (κ3) is 4.37. The Labute approximate surface area is 155 Å². The molecule has 7 heteroatoms. The molecule has 1 aliphatic rings. The fraction of sp³-hybridized carbons (Fsp3) is 0.316. The van der Waals surface area contributed by atoms with Gasteiger partial charge in [-0.25, -0.2) is 0 Å². The third-order valence-corrected chi connectivity index (χ3v) is 4.78. The van der Waals surface area contributed by atoms with Crippen LogP contribution >= 0.6 is 11.6 Å². The Morgan fingerprint density at radius 1 is 0.962 bits per heavy atom. The Hall–Kier alpha value is -2.05. The van der Waals surface area contributed by atoms with Gasteiger partial charge in [0.25, 0.3) is 5.91 Å². The van der Waals surface area contributed by atoms with Gasteiger partial charge in [0.1, 0.15) is 0 Å². The van der Waals surface area contributed by atoms with Crippen LogP contribution in [0.5, 0.6) is 0 Å². The summed E-state index contributed by atoms with van der Waals surface area (Å²) in [5, 5.41) is 0.435. The molecular formula is C19H18ClF3N2O. The number of nitrogens with zero attached hydrogens (tertiary/aromatic N) is 2. The molecule has 3 nitrogen and oxygen atoms in total. The van der Waals surface area contributed by atoms with Crippen LogP contribution in [-0.2, 0) is 12.7 Å². The molecule has 0 spiro atoms. The van der Waals surface area contributed by atoms with E-state index in [2.05, 4.69) is 4.90 Å². The van der Waals surface area contributed by atoms with E-state index in [1.807, 2.05) is 0 Å². The first-order valence-electron chi connectivity index (χ1n) is 8.27. The summed E-state index contributed by atoms with van der Waals surface area (Å²) < 4.78 is 37.8. The molecule has 0 N–H and O–H groups in total. The highest BCUT2D eigenvalue weighted by atomic mass is 35.5. The van der Waals surface area contributed by atoms with E-state index in [0.717, 1.165) is 17.7 Å². The molecule has 0 aromatic heterocycles. The van der Waals surface area contributed by atoms with E-state index in [9.17, 15) is 18.0 Å². The molecule has 1 amide bonds. The summed E-state index contributed by atoms with van der Waals surface area (Å²) in [7, 11) is 0. The Morgan fingerprint density at radius 3 is 2.15 bits per heavy atom. The van der Waals surface area contributed by atoms with Gasteiger partial charge in [-0.05, 0) is 29.8 Å². The predicted octanol–water partition coefficient (Wildman–Crippen LogP) is 4.32. The van der Waals surface area contributed by atoms with Crippen LogP contribution in [0.25, 0.3) is 0 Å². The van der Waals surface area contributed by atoms with Gasteiger partial charge in [0.2, 0.25) is 0 Å². The zero-order valence-electron chi connectivity index (χ0n) is 14.0. The molecule has 0 saturated carbocycles. The minimum Gasteiger partial charge on any atom is -0.336 e. The van der Waals surface area contributed by atoms with Crippen molar-refractivity contribution in [3.63, 3.8) is 0 Å². The fourth-order valence-electron chi connectivity index (χ4n) is 2.97. The van der Waals surface area contributed by atoms with Crippen LogP contribution in [0.3, 0.4) is 0 Å². The van der Waals surface area contributed by atoms with Crippen molar-refractivity contribution >= 4 is 17.5 Å². The summed E-state index contributed by atoms with van der Waals surface area (Å²) >= 11 is 6.08. The second-order valence-corrected chi connectivity index (χ2v) is 6.65. The third-order valence-electron chi connectivity index (χ3n) is 4.45. The molecule has 26 heavy (non-hydrogen) atoms. The van der Waals surface area contributed by atoms with Gasteiger partial charge in [-0.2, -0.15) is 13.2 Å². The summed E-state index contributed by atoms with van der Waals surface area (Å²) in [5.74, 6) is -0.0928. The van der Waals surface area contributed by atoms with Crippen molar-refractivity contribution in [2.75, 3.05) is 26.2 Å². The molecule has 1 aliphatic heterocycles. The van der Waals surface area contributed by atoms with Crippen LogP contribution in [0.4, 0.5) is 13.2 Å². The number of piperazine rings is 1. The molecule has 0 bridgehead atoms. The Morgan fingerprint density at radius 2 is 1.58 bits per heavy atom. The molecule has 1 fully saturated rings. The second-order valence-electron chi connectivity index (χ2n) is 6.24. The minimum absolute atomic E-state index is 0.0928. The zero-order chi connectivity index (χ0) is 18.7. The van der Waals surface area contributed by atoms with E-state index in [0.29, 0.717) is 43.3 Å². The van der Waals surface area contributed by atoms with Gasteiger partial charge in [-0.15, -0.1) is 0 Å². The number of rotatable bonds is 3. The predicted molar refractivity (Wildman–Crippen MR) is 94.1 cm³/mol. The number of carbonyl (C=O) groups is 1. The number of hydrogen-bond donors (Lipinski definition) is 0. The molecule has 1 heterocycles. The lowest BCUT2D eigenvalue weighted by Crippen LogP contribution is -2.48. The number of hydrogen-bond acceptors (Lipinski definition) is 2. The van der Waals surface area contributed by atoms with Gasteiger partial charge in [0.05, 0.1) is 16.1 Å². The fourth-order valence-corrected chi connectivity index (χ4v) is 3.19. The van der Waals surface area contributed by atoms with Crippen molar-refractivity contribution in [1.29, 1.82) is 0 Å². The molecule has 138 valence electrons. The topological polar surface area (TPSA) is 23.6 Å². The van der Waals surface area contributed by atoms with Crippen molar-refractivity contribution in [3.8, 4) is 0 Å². The average molecular weight is 383 g/mol. The number of halogens is 4. The van der Waals surface area contributed by atoms with Gasteiger partial charge in [0.15, 0.2) is 0 Å². The van der Waals surface area contributed by atoms with Gasteiger partial charge in [0, 0.05) is 32.7 Å². The minimum atomic E-state index is -4.32. The molecule has 0 aliphatic carbocycles. The summed E-state index contributed by atoms with van der Waals surface area (Å²) in [5.41, 5.74) is 0.672. The van der Waals surface area contributed by atoms with Crippen LogP contribution in [0, 0.1) is 0 Å². The maximum atomic E-state index is 12.6. The Kier molecular flexibility index (Phi) is 5.53. The van der Waals surface area contributed by atoms with E-state index in [1.165, 1.54) is 12.1 Å². The first-order chi connectivity index (χ1) is 12.3. The highest BCUT2D eigenvalue weighted by Crippen LogP contribution is 2.29. The quantitative estimate of drug-likeness (QED) is 0.789. The van der Waals surface area contributed by atoms with E-state index in [1.54, 1.807) is 29.2 Å². The SMILES string of the molecule is O=C(c1ccccc1Cl)N1CCN(Cc2ccc(C(F)(F)F)cc2)CC1. The zero-order valence-corrected chi connectivity index (χ0v) is 14.7. The highest BCUT2D eigenvalue weighted by Gasteiger charge is 2.30. The van der Waals surface area contributed by atoms with E-state index in [-0.39, 0.29) is 5.91 Å². The van der Waals surface area contributed by atoms with Crippen LogP contribution in [0.1, 0.15) is 21.5 Å². The Balaban J connectivity index is 1.56. The van der Waals surface area contributed by atoms with E-state index in [4.69, 9.17) is 11.6 Å². The summed E-state index contributed by atoms with van der Waals surface area (Å²) in [6.45, 7) is 3.01. The van der Waals surface area contributed by atoms with Gasteiger partial charge in [-0.1, -0.05) is 35.9 Å². The molecule has 1 saturated heterocycles. The van der Waals surface area contributed by atoms with Crippen LogP contribution < -0.4 is 0 Å². The number of alkyl halides is 3. The molecular weight excluding hydrogens is 365 g/mol. The molecule has 3 rings (SSSR count). The highest BCUT2D eigenvalue weighted by molar-refractivity contribution is 6.33. The summed E-state index contributed by atoms with van der Waals surface area (Å²) in [6.07, 6.45) is -4.32. The van der Waals surface area contributed by atoms with Crippen LogP contribution in [-0.4, -0.2) is 41.9 Å². The largest absolute Gasteiger partial charge is 0.416 e. The van der Waals surface area contributed by atoms with Crippen LogP contribution in [0.2, 0.25) is 5.02 Å². The number of amides is 1. The first kappa shape index (κ1) is 18.7. The van der Waals surface area contributed by atoms with Gasteiger partial charge in [-0.3, -0.25) is 9.69 Å². The monoisotopic (exact) mass is 382 g/mol. The smallest absolute Gasteiger partial charge is 0.336 e. The normalized spacial score (nSPS) is 15.9. The number of carbonyl (C=O) groups excluding carboxylic acids is 1. The lowest BCUT2D eigenvalue weighted by molar-refractivity contribution is -0.137. The summed E-state index contributed by atoms with van der Waals surface area (Å²) in [6, 6.07) is 12.2. The molecule has 0 radical (unpaired) electrons. The van der Waals surface area contributed by atoms with Crippen molar-refractivity contribution < 1.29 is 18.0 Å². The standard InChI is InChI=1S/C19H18ClF3N2O/c20-17-4-2-1-3-16(17)18(26)25-11-9-24(10-12-25)13-14-5-7-15(8-6-14)19(21,22)23/h1-8H,9-13H2. The summed E-state index contributed by atoms with van der Waals surface area (Å²) in [4.78, 5) is 16.4. The number of benzene rings is 2. The van der Waals surface area contributed by atoms with Crippen molar-refractivity contribution in [1.82, 2.24) is 9.80 Å². The van der Waals surface area contributed by atoms with E-state index < -0.39 is 11.7 Å². The molecule has 2 aromatic rings. The molecule has 0 atom stereocenters. The molecule has 2 aromatic carbocycles. The average Bonchev–Trinajstić information content (AvgIpc) is 2.62. The van der Waals surface area contributed by atoms with Crippen molar-refractivity contribution in [3.05, 3.63) is 70.2 Å². The lowest BCUT2D eigenvalue weighted by Gasteiger charge is -2.35.